The van der Waals surface area contributed by atoms with E-state index in [4.69, 9.17) is 24.4 Å². The van der Waals surface area contributed by atoms with Crippen LogP contribution in [0.4, 0.5) is 19.0 Å². The lowest BCUT2D eigenvalue weighted by Gasteiger charge is -2.44. The largest absolute Gasteiger partial charge is 0.490 e. The number of alkyl halides is 3. The molecule has 3 heterocycles. The number of carboxylic acids is 1. The minimum Gasteiger partial charge on any atom is -0.475 e. The molecule has 1 unspecified atom stereocenters. The highest BCUT2D eigenvalue weighted by atomic mass is 19.4. The van der Waals surface area contributed by atoms with E-state index in [1.54, 1.807) is 0 Å². The van der Waals surface area contributed by atoms with Crippen LogP contribution >= 0.6 is 0 Å². The van der Waals surface area contributed by atoms with Crippen LogP contribution in [-0.2, 0) is 14.3 Å². The molecule has 3 fully saturated rings. The molecule has 0 amide bonds. The second kappa shape index (κ2) is 10.4. The fourth-order valence-electron chi connectivity index (χ4n) is 3.66. The number of carboxylic acid groups (broad SMARTS) is 1. The van der Waals surface area contributed by atoms with E-state index in [2.05, 4.69) is 15.2 Å². The van der Waals surface area contributed by atoms with E-state index in [0.29, 0.717) is 18.7 Å². The Balaban J connectivity index is 0.000000318. The summed E-state index contributed by atoms with van der Waals surface area (Å²) in [5, 5.41) is 10.7. The van der Waals surface area contributed by atoms with E-state index < -0.39 is 12.1 Å². The smallest absolute Gasteiger partial charge is 0.475 e. The van der Waals surface area contributed by atoms with Crippen LogP contribution in [-0.4, -0.2) is 77.2 Å². The average Bonchev–Trinajstić information content (AvgIpc) is 2.68. The maximum Gasteiger partial charge on any atom is 0.490 e. The van der Waals surface area contributed by atoms with Gasteiger partial charge in [-0.3, -0.25) is 4.90 Å². The number of aromatic nitrogens is 2. The summed E-state index contributed by atoms with van der Waals surface area (Å²) in [4.78, 5) is 20.8. The molecule has 1 aliphatic carbocycles. The number of rotatable bonds is 4. The van der Waals surface area contributed by atoms with Crippen molar-refractivity contribution in [2.24, 2.45) is 0 Å². The van der Waals surface area contributed by atoms with E-state index >= 15 is 0 Å². The molecular formula is C19H27F3N4O4. The summed E-state index contributed by atoms with van der Waals surface area (Å²) in [7, 11) is 0. The van der Waals surface area contributed by atoms with Crippen LogP contribution < -0.4 is 5.32 Å². The van der Waals surface area contributed by atoms with Gasteiger partial charge in [-0.1, -0.05) is 6.42 Å². The molecule has 2 saturated heterocycles. The first-order chi connectivity index (χ1) is 14.3. The zero-order valence-electron chi connectivity index (χ0n) is 16.6. The van der Waals surface area contributed by atoms with Crippen LogP contribution in [0.15, 0.2) is 12.3 Å². The second-order valence-electron chi connectivity index (χ2n) is 7.55. The molecule has 1 saturated carbocycles. The number of carbonyl (C=O) groups is 1. The van der Waals surface area contributed by atoms with Gasteiger partial charge in [-0.2, -0.15) is 13.2 Å². The van der Waals surface area contributed by atoms with E-state index in [-0.39, 0.29) is 6.04 Å². The SMILES string of the molecule is O=C(O)C(F)(F)F.c1cc(NC2CCOCC2)nc(C2COCCN2C2CCC2)n1. The maximum absolute atomic E-state index is 10.6. The summed E-state index contributed by atoms with van der Waals surface area (Å²) in [6.45, 7) is 4.20. The first kappa shape index (κ1) is 22.7. The van der Waals surface area contributed by atoms with Crippen molar-refractivity contribution in [3.8, 4) is 0 Å². The molecule has 168 valence electrons. The van der Waals surface area contributed by atoms with Gasteiger partial charge in [-0.15, -0.1) is 0 Å². The first-order valence-electron chi connectivity index (χ1n) is 10.2. The molecule has 1 atom stereocenters. The molecule has 4 rings (SSSR count). The van der Waals surface area contributed by atoms with E-state index in [9.17, 15) is 13.2 Å². The van der Waals surface area contributed by atoms with Gasteiger partial charge in [0, 0.05) is 38.0 Å². The Bertz CT molecular complexity index is 697. The maximum atomic E-state index is 10.6. The molecule has 30 heavy (non-hydrogen) atoms. The van der Waals surface area contributed by atoms with Crippen molar-refractivity contribution in [2.45, 2.75) is 56.4 Å². The van der Waals surface area contributed by atoms with Crippen molar-refractivity contribution in [2.75, 3.05) is 38.3 Å². The minimum atomic E-state index is -5.08. The number of anilines is 1. The molecule has 0 radical (unpaired) electrons. The summed E-state index contributed by atoms with van der Waals surface area (Å²) in [6, 6.07) is 3.32. The van der Waals surface area contributed by atoms with Gasteiger partial charge in [0.15, 0.2) is 0 Å². The van der Waals surface area contributed by atoms with E-state index in [0.717, 1.165) is 50.8 Å². The topological polar surface area (TPSA) is 96.8 Å². The Morgan fingerprint density at radius 2 is 1.87 bits per heavy atom. The molecule has 2 N–H and O–H groups in total. The normalized spacial score (nSPS) is 23.8. The van der Waals surface area contributed by atoms with E-state index in [1.165, 1.54) is 19.3 Å². The minimum absolute atomic E-state index is 0.200. The predicted molar refractivity (Wildman–Crippen MR) is 101 cm³/mol. The third-order valence-electron chi connectivity index (χ3n) is 5.50. The molecule has 8 nitrogen and oxygen atoms in total. The molecule has 0 bridgehead atoms. The van der Waals surface area contributed by atoms with Gasteiger partial charge >= 0.3 is 12.1 Å². The summed E-state index contributed by atoms with van der Waals surface area (Å²) in [5.41, 5.74) is 0. The van der Waals surface area contributed by atoms with Crippen LogP contribution in [0.25, 0.3) is 0 Å². The van der Waals surface area contributed by atoms with Gasteiger partial charge in [0.25, 0.3) is 0 Å². The lowest BCUT2D eigenvalue weighted by Crippen LogP contribution is -2.49. The highest BCUT2D eigenvalue weighted by Crippen LogP contribution is 2.33. The molecule has 1 aromatic rings. The number of hydrogen-bond acceptors (Lipinski definition) is 7. The van der Waals surface area contributed by atoms with Crippen molar-refractivity contribution in [3.05, 3.63) is 18.1 Å². The summed E-state index contributed by atoms with van der Waals surface area (Å²) >= 11 is 0. The number of nitrogens with zero attached hydrogens (tertiary/aromatic N) is 3. The van der Waals surface area contributed by atoms with Gasteiger partial charge in [-0.05, 0) is 31.7 Å². The molecule has 11 heteroatoms. The predicted octanol–water partition coefficient (Wildman–Crippen LogP) is 2.63. The number of halogens is 3. The van der Waals surface area contributed by atoms with Gasteiger partial charge < -0.3 is 19.9 Å². The Kier molecular flexibility index (Phi) is 7.84. The molecular weight excluding hydrogens is 405 g/mol. The number of hydrogen-bond donors (Lipinski definition) is 2. The van der Waals surface area contributed by atoms with Crippen LogP contribution in [0.3, 0.4) is 0 Å². The highest BCUT2D eigenvalue weighted by Gasteiger charge is 2.38. The van der Waals surface area contributed by atoms with Crippen LogP contribution in [0, 0.1) is 0 Å². The zero-order valence-corrected chi connectivity index (χ0v) is 16.6. The van der Waals surface area contributed by atoms with Gasteiger partial charge in [-0.25, -0.2) is 14.8 Å². The van der Waals surface area contributed by atoms with Crippen molar-refractivity contribution in [1.29, 1.82) is 0 Å². The fourth-order valence-corrected chi connectivity index (χ4v) is 3.66. The van der Waals surface area contributed by atoms with E-state index in [1.807, 2.05) is 12.3 Å². The summed E-state index contributed by atoms with van der Waals surface area (Å²) in [6.07, 6.45) is 2.83. The average molecular weight is 432 g/mol. The van der Waals surface area contributed by atoms with Crippen molar-refractivity contribution in [3.63, 3.8) is 0 Å². The molecule has 2 aliphatic heterocycles. The third-order valence-corrected chi connectivity index (χ3v) is 5.50. The van der Waals surface area contributed by atoms with Gasteiger partial charge in [0.2, 0.25) is 0 Å². The molecule has 3 aliphatic rings. The van der Waals surface area contributed by atoms with Crippen LogP contribution in [0.5, 0.6) is 0 Å². The molecule has 0 spiro atoms. The highest BCUT2D eigenvalue weighted by molar-refractivity contribution is 5.73. The quantitative estimate of drug-likeness (QED) is 0.750. The lowest BCUT2D eigenvalue weighted by molar-refractivity contribution is -0.192. The number of nitrogens with one attached hydrogen (secondary N) is 1. The Morgan fingerprint density at radius 3 is 2.47 bits per heavy atom. The zero-order chi connectivity index (χ0) is 21.6. The number of aliphatic carboxylic acids is 1. The van der Waals surface area contributed by atoms with Crippen LogP contribution in [0.1, 0.15) is 44.0 Å². The Hall–Kier alpha value is -1.98. The Labute approximate surface area is 172 Å². The second-order valence-corrected chi connectivity index (χ2v) is 7.55. The third kappa shape index (κ3) is 6.26. The van der Waals surface area contributed by atoms with Crippen molar-refractivity contribution < 1.29 is 32.5 Å². The monoisotopic (exact) mass is 432 g/mol. The van der Waals surface area contributed by atoms with Gasteiger partial charge in [0.1, 0.15) is 11.6 Å². The Morgan fingerprint density at radius 1 is 1.17 bits per heavy atom. The summed E-state index contributed by atoms with van der Waals surface area (Å²) in [5.74, 6) is -0.929. The first-order valence-corrected chi connectivity index (χ1v) is 10.2. The summed E-state index contributed by atoms with van der Waals surface area (Å²) < 4.78 is 42.9. The van der Waals surface area contributed by atoms with Crippen molar-refractivity contribution in [1.82, 2.24) is 14.9 Å². The lowest BCUT2D eigenvalue weighted by atomic mass is 9.90. The van der Waals surface area contributed by atoms with Crippen LogP contribution in [0.2, 0.25) is 0 Å². The number of morpholine rings is 1. The van der Waals surface area contributed by atoms with Crippen molar-refractivity contribution >= 4 is 11.8 Å². The molecule has 0 aromatic carbocycles. The molecule has 1 aromatic heterocycles. The number of ether oxygens (including phenoxy) is 2. The standard InChI is InChI=1S/C17H26N4O2.C2HF3O2/c1-2-14(3-1)21-8-11-23-12-15(21)17-18-7-4-16(20-17)19-13-5-9-22-10-6-13;3-2(4,5)1(6)7/h4,7,13-15H,1-3,5-6,8-12H2,(H,18,19,20);(H,6,7). The fraction of sp³-hybridized carbons (Fsp3) is 0.737. The van der Waals surface area contributed by atoms with Gasteiger partial charge in [0.05, 0.1) is 19.3 Å².